The van der Waals surface area contributed by atoms with Crippen LogP contribution in [0.3, 0.4) is 0 Å². The lowest BCUT2D eigenvalue weighted by molar-refractivity contribution is -0.115. The first-order valence-corrected chi connectivity index (χ1v) is 9.48. The highest BCUT2D eigenvalue weighted by Gasteiger charge is 2.30. The Morgan fingerprint density at radius 1 is 1.03 bits per heavy atom. The number of hydrogen-bond acceptors (Lipinski definition) is 5. The maximum atomic E-state index is 12.8. The second-order valence-corrected chi connectivity index (χ2v) is 7.97. The monoisotopic (exact) mass is 460 g/mol. The molecular weight excluding hydrogens is 443 g/mol. The van der Waals surface area contributed by atoms with Gasteiger partial charge in [-0.15, -0.1) is 0 Å². The standard InChI is InChI=1S/C19H19Cl3N2O5/c1-27-10-9-24(14-6-4-7-15(12-14)28-2)18(26)29-16-8-3-5-13(11-16)23-17(25)19(20,21)22/h3-8,11-12H,9-10H2,1-2H3,(H,23,25). The molecule has 2 rings (SSSR count). The van der Waals surface area contributed by atoms with Crippen molar-refractivity contribution in [3.63, 3.8) is 0 Å². The predicted octanol–water partition coefficient (Wildman–Crippen LogP) is 4.66. The number of ether oxygens (including phenoxy) is 3. The van der Waals surface area contributed by atoms with Gasteiger partial charge in [0, 0.05) is 24.9 Å². The highest BCUT2D eigenvalue weighted by Crippen LogP contribution is 2.29. The van der Waals surface area contributed by atoms with Crippen molar-refractivity contribution in [2.24, 2.45) is 0 Å². The fraction of sp³-hybridized carbons (Fsp3) is 0.263. The van der Waals surface area contributed by atoms with Crippen molar-refractivity contribution in [2.75, 3.05) is 37.6 Å². The van der Waals surface area contributed by atoms with Crippen molar-refractivity contribution in [1.29, 1.82) is 0 Å². The molecule has 2 aromatic carbocycles. The number of benzene rings is 2. The predicted molar refractivity (Wildman–Crippen MR) is 114 cm³/mol. The second kappa shape index (κ2) is 10.5. The first-order valence-electron chi connectivity index (χ1n) is 8.35. The first-order chi connectivity index (χ1) is 13.7. The number of hydrogen-bond donors (Lipinski definition) is 1. The minimum atomic E-state index is -2.12. The van der Waals surface area contributed by atoms with Crippen LogP contribution in [0.4, 0.5) is 16.2 Å². The molecule has 0 fully saturated rings. The highest BCUT2D eigenvalue weighted by atomic mass is 35.6. The fourth-order valence-corrected chi connectivity index (χ4v) is 2.42. The maximum absolute atomic E-state index is 12.8. The van der Waals surface area contributed by atoms with Gasteiger partial charge in [0.05, 0.1) is 25.9 Å². The molecule has 7 nitrogen and oxygen atoms in total. The third-order valence-corrected chi connectivity index (χ3v) is 4.17. The van der Waals surface area contributed by atoms with Crippen LogP contribution in [0.15, 0.2) is 48.5 Å². The molecule has 0 aliphatic heterocycles. The van der Waals surface area contributed by atoms with Crippen LogP contribution in [0.1, 0.15) is 0 Å². The summed E-state index contributed by atoms with van der Waals surface area (Å²) < 4.78 is 13.6. The Hall–Kier alpha value is -2.19. The van der Waals surface area contributed by atoms with E-state index in [2.05, 4.69) is 5.32 Å². The normalized spacial score (nSPS) is 10.9. The van der Waals surface area contributed by atoms with E-state index in [-0.39, 0.29) is 12.3 Å². The lowest BCUT2D eigenvalue weighted by Gasteiger charge is -2.22. The molecule has 2 aromatic rings. The Morgan fingerprint density at radius 3 is 2.38 bits per heavy atom. The topological polar surface area (TPSA) is 77.1 Å². The number of alkyl halides is 3. The van der Waals surface area contributed by atoms with Gasteiger partial charge in [0.1, 0.15) is 11.5 Å². The largest absolute Gasteiger partial charge is 0.497 e. The summed E-state index contributed by atoms with van der Waals surface area (Å²) in [4.78, 5) is 26.0. The van der Waals surface area contributed by atoms with Crippen LogP contribution in [-0.2, 0) is 9.53 Å². The Morgan fingerprint density at radius 2 is 1.72 bits per heavy atom. The van der Waals surface area contributed by atoms with Gasteiger partial charge in [0.25, 0.3) is 9.70 Å². The Bertz CT molecular complexity index is 858. The van der Waals surface area contributed by atoms with E-state index in [1.54, 1.807) is 42.5 Å². The van der Waals surface area contributed by atoms with E-state index < -0.39 is 15.8 Å². The van der Waals surface area contributed by atoms with Crippen LogP contribution < -0.4 is 19.7 Å². The number of methoxy groups -OCH3 is 2. The van der Waals surface area contributed by atoms with Crippen LogP contribution in [-0.4, -0.2) is 43.2 Å². The van der Waals surface area contributed by atoms with E-state index in [1.807, 2.05) is 0 Å². The summed E-state index contributed by atoms with van der Waals surface area (Å²) in [5.74, 6) is -0.0411. The minimum Gasteiger partial charge on any atom is -0.497 e. The van der Waals surface area contributed by atoms with E-state index >= 15 is 0 Å². The molecule has 0 saturated heterocycles. The number of nitrogens with one attached hydrogen (secondary N) is 1. The zero-order chi connectivity index (χ0) is 21.4. The van der Waals surface area contributed by atoms with Gasteiger partial charge in [-0.05, 0) is 24.3 Å². The number of halogens is 3. The summed E-state index contributed by atoms with van der Waals surface area (Å²) >= 11 is 16.6. The molecule has 1 N–H and O–H groups in total. The van der Waals surface area contributed by atoms with Gasteiger partial charge >= 0.3 is 6.09 Å². The Balaban J connectivity index is 2.18. The van der Waals surface area contributed by atoms with Crippen molar-refractivity contribution >= 4 is 58.2 Å². The van der Waals surface area contributed by atoms with E-state index in [1.165, 1.54) is 25.2 Å². The van der Waals surface area contributed by atoms with Crippen molar-refractivity contribution in [3.05, 3.63) is 48.5 Å². The lowest BCUT2D eigenvalue weighted by Crippen LogP contribution is -2.36. The molecule has 0 atom stereocenters. The Kier molecular flexibility index (Phi) is 8.40. The minimum absolute atomic E-state index is 0.197. The highest BCUT2D eigenvalue weighted by molar-refractivity contribution is 6.76. The molecule has 29 heavy (non-hydrogen) atoms. The van der Waals surface area contributed by atoms with Gasteiger partial charge in [-0.3, -0.25) is 9.69 Å². The average Bonchev–Trinajstić information content (AvgIpc) is 2.68. The summed E-state index contributed by atoms with van der Waals surface area (Å²) in [6.07, 6.45) is -0.639. The van der Waals surface area contributed by atoms with E-state index in [4.69, 9.17) is 49.0 Å². The summed E-state index contributed by atoms with van der Waals surface area (Å²) in [5.41, 5.74) is 0.878. The van der Waals surface area contributed by atoms with Gasteiger partial charge in [-0.2, -0.15) is 0 Å². The van der Waals surface area contributed by atoms with E-state index in [0.717, 1.165) is 0 Å². The van der Waals surface area contributed by atoms with Gasteiger partial charge < -0.3 is 19.5 Å². The van der Waals surface area contributed by atoms with E-state index in [0.29, 0.717) is 23.7 Å². The number of carbonyl (C=O) groups excluding carboxylic acids is 2. The molecular formula is C19H19Cl3N2O5. The lowest BCUT2D eigenvalue weighted by atomic mass is 10.2. The smallest absolute Gasteiger partial charge is 0.419 e. The maximum Gasteiger partial charge on any atom is 0.419 e. The summed E-state index contributed by atoms with van der Waals surface area (Å²) in [7, 11) is 3.07. The SMILES string of the molecule is COCCN(C(=O)Oc1cccc(NC(=O)C(Cl)(Cl)Cl)c1)c1cccc(OC)c1. The molecule has 0 aliphatic carbocycles. The zero-order valence-corrected chi connectivity index (χ0v) is 17.9. The van der Waals surface area contributed by atoms with Crippen LogP contribution in [0.25, 0.3) is 0 Å². The number of nitrogens with zero attached hydrogens (tertiary/aromatic N) is 1. The molecule has 0 saturated carbocycles. The molecule has 0 unspecified atom stereocenters. The van der Waals surface area contributed by atoms with Gasteiger partial charge in [0.15, 0.2) is 0 Å². The van der Waals surface area contributed by atoms with Crippen LogP contribution in [0.5, 0.6) is 11.5 Å². The summed E-state index contributed by atoms with van der Waals surface area (Å²) in [6, 6.07) is 13.1. The molecule has 10 heteroatoms. The third-order valence-electron chi connectivity index (χ3n) is 3.66. The number of rotatable bonds is 7. The van der Waals surface area contributed by atoms with Crippen LogP contribution in [0, 0.1) is 0 Å². The molecule has 0 spiro atoms. The van der Waals surface area contributed by atoms with Gasteiger partial charge in [-0.1, -0.05) is 46.9 Å². The molecule has 2 amide bonds. The molecule has 0 heterocycles. The number of amides is 2. The number of carbonyl (C=O) groups is 2. The molecule has 0 aromatic heterocycles. The summed E-state index contributed by atoms with van der Waals surface area (Å²) in [5, 5.41) is 2.43. The Labute approximate surface area is 183 Å². The molecule has 156 valence electrons. The van der Waals surface area contributed by atoms with Crippen LogP contribution >= 0.6 is 34.8 Å². The van der Waals surface area contributed by atoms with Crippen LogP contribution in [0.2, 0.25) is 0 Å². The zero-order valence-electron chi connectivity index (χ0n) is 15.7. The van der Waals surface area contributed by atoms with Gasteiger partial charge in [-0.25, -0.2) is 4.79 Å². The average molecular weight is 462 g/mol. The van der Waals surface area contributed by atoms with E-state index in [9.17, 15) is 9.59 Å². The quantitative estimate of drug-likeness (QED) is 0.607. The molecule has 0 bridgehead atoms. The second-order valence-electron chi connectivity index (χ2n) is 5.69. The first kappa shape index (κ1) is 23.1. The van der Waals surface area contributed by atoms with Crippen molar-refractivity contribution in [2.45, 2.75) is 3.79 Å². The summed E-state index contributed by atoms with van der Waals surface area (Å²) in [6.45, 7) is 0.553. The number of anilines is 2. The molecule has 0 aliphatic rings. The van der Waals surface area contributed by atoms with Crippen molar-refractivity contribution in [3.8, 4) is 11.5 Å². The van der Waals surface area contributed by atoms with Crippen molar-refractivity contribution < 1.29 is 23.8 Å². The fourth-order valence-electron chi connectivity index (χ4n) is 2.28. The third kappa shape index (κ3) is 6.97. The van der Waals surface area contributed by atoms with Crippen molar-refractivity contribution in [1.82, 2.24) is 0 Å². The molecule has 0 radical (unpaired) electrons. The van der Waals surface area contributed by atoms with Gasteiger partial charge in [0.2, 0.25) is 0 Å².